The number of nitrogens with zero attached hydrogens (tertiary/aromatic N) is 3. The monoisotopic (exact) mass is 253 g/mol. The Morgan fingerprint density at radius 2 is 2.18 bits per heavy atom. The summed E-state index contributed by atoms with van der Waals surface area (Å²) < 4.78 is 0. The van der Waals surface area contributed by atoms with E-state index in [1.54, 1.807) is 0 Å². The molecule has 0 amide bonds. The number of aromatic nitrogens is 3. The summed E-state index contributed by atoms with van der Waals surface area (Å²) >= 11 is 1.86. The number of thioether (sulfide) groups is 1. The molecule has 2 rings (SSSR count). The molecule has 1 aromatic heterocycles. The van der Waals surface area contributed by atoms with Crippen molar-refractivity contribution in [1.82, 2.24) is 15.0 Å². The van der Waals surface area contributed by atoms with Crippen molar-refractivity contribution in [1.29, 1.82) is 0 Å². The fourth-order valence-electron chi connectivity index (χ4n) is 1.52. The fraction of sp³-hybridized carbons (Fsp3) is 0.727. The van der Waals surface area contributed by atoms with E-state index in [0.29, 0.717) is 23.1 Å². The molecular weight excluding hydrogens is 234 g/mol. The summed E-state index contributed by atoms with van der Waals surface area (Å²) in [6.07, 6.45) is 5.56. The third-order valence-corrected chi connectivity index (χ3v) is 3.89. The second-order valence-electron chi connectivity index (χ2n) is 4.41. The summed E-state index contributed by atoms with van der Waals surface area (Å²) in [6.45, 7) is 3.08. The molecular formula is C11H19N5S. The van der Waals surface area contributed by atoms with E-state index in [9.17, 15) is 0 Å². The SMILES string of the molecule is CSC(C)CCNc1nc(N)nc(C2CC2)n1. The molecule has 0 radical (unpaired) electrons. The molecule has 0 saturated heterocycles. The fourth-order valence-corrected chi connectivity index (χ4v) is 1.87. The lowest BCUT2D eigenvalue weighted by molar-refractivity contribution is 0.831. The Balaban J connectivity index is 1.91. The minimum absolute atomic E-state index is 0.322. The maximum Gasteiger partial charge on any atom is 0.227 e. The van der Waals surface area contributed by atoms with Crippen LogP contribution in [0.15, 0.2) is 0 Å². The number of nitrogens with one attached hydrogen (secondary N) is 1. The Morgan fingerprint density at radius 3 is 2.82 bits per heavy atom. The van der Waals surface area contributed by atoms with Gasteiger partial charge >= 0.3 is 0 Å². The molecule has 1 aromatic rings. The number of anilines is 2. The first-order valence-electron chi connectivity index (χ1n) is 5.97. The average molecular weight is 253 g/mol. The van der Waals surface area contributed by atoms with E-state index in [2.05, 4.69) is 33.4 Å². The zero-order chi connectivity index (χ0) is 12.3. The molecule has 1 aliphatic rings. The van der Waals surface area contributed by atoms with E-state index < -0.39 is 0 Å². The van der Waals surface area contributed by atoms with Gasteiger partial charge in [-0.3, -0.25) is 0 Å². The van der Waals surface area contributed by atoms with Crippen LogP contribution in [0.2, 0.25) is 0 Å². The van der Waals surface area contributed by atoms with Crippen molar-refractivity contribution < 1.29 is 0 Å². The lowest BCUT2D eigenvalue weighted by atomic mass is 10.3. The number of nitrogens with two attached hydrogens (primary N) is 1. The average Bonchev–Trinajstić information content (AvgIpc) is 3.12. The first kappa shape index (κ1) is 12.4. The van der Waals surface area contributed by atoms with Crippen LogP contribution in [0, 0.1) is 0 Å². The highest BCUT2D eigenvalue weighted by Crippen LogP contribution is 2.38. The van der Waals surface area contributed by atoms with E-state index in [1.807, 2.05) is 11.8 Å². The summed E-state index contributed by atoms with van der Waals surface area (Å²) in [5.41, 5.74) is 5.68. The van der Waals surface area contributed by atoms with Crippen molar-refractivity contribution in [3.8, 4) is 0 Å². The van der Waals surface area contributed by atoms with Gasteiger partial charge in [-0.1, -0.05) is 6.92 Å². The Hall–Kier alpha value is -1.04. The van der Waals surface area contributed by atoms with Gasteiger partial charge in [0, 0.05) is 17.7 Å². The van der Waals surface area contributed by atoms with Crippen molar-refractivity contribution in [3.05, 3.63) is 5.82 Å². The van der Waals surface area contributed by atoms with E-state index in [0.717, 1.165) is 18.8 Å². The first-order chi connectivity index (χ1) is 8.19. The maximum absolute atomic E-state index is 5.68. The second-order valence-corrected chi connectivity index (χ2v) is 5.69. The Morgan fingerprint density at radius 1 is 1.41 bits per heavy atom. The lowest BCUT2D eigenvalue weighted by Crippen LogP contribution is -2.12. The molecule has 1 saturated carbocycles. The van der Waals surface area contributed by atoms with Crippen LogP contribution in [0.25, 0.3) is 0 Å². The van der Waals surface area contributed by atoms with Crippen molar-refractivity contribution in [2.45, 2.75) is 37.4 Å². The molecule has 1 aliphatic carbocycles. The quantitative estimate of drug-likeness (QED) is 0.806. The summed E-state index contributed by atoms with van der Waals surface area (Å²) in [7, 11) is 0. The molecule has 1 fully saturated rings. The van der Waals surface area contributed by atoms with E-state index in [-0.39, 0.29) is 0 Å². The van der Waals surface area contributed by atoms with E-state index in [1.165, 1.54) is 12.8 Å². The molecule has 1 heterocycles. The van der Waals surface area contributed by atoms with Gasteiger partial charge in [0.15, 0.2) is 0 Å². The summed E-state index contributed by atoms with van der Waals surface area (Å²) in [6, 6.07) is 0. The van der Waals surface area contributed by atoms with Crippen molar-refractivity contribution in [3.63, 3.8) is 0 Å². The normalized spacial score (nSPS) is 16.8. The standard InChI is InChI=1S/C11H19N5S/c1-7(17-2)5-6-13-11-15-9(8-3-4-8)14-10(12)16-11/h7-8H,3-6H2,1-2H3,(H3,12,13,14,15,16). The molecule has 1 unspecified atom stereocenters. The molecule has 0 aromatic carbocycles. The zero-order valence-electron chi connectivity index (χ0n) is 10.3. The minimum Gasteiger partial charge on any atom is -0.368 e. The summed E-state index contributed by atoms with van der Waals surface area (Å²) in [4.78, 5) is 12.7. The predicted octanol–water partition coefficient (Wildman–Crippen LogP) is 1.88. The van der Waals surface area contributed by atoms with Crippen LogP contribution in [0.5, 0.6) is 0 Å². The van der Waals surface area contributed by atoms with Crippen molar-refractivity contribution in [2.24, 2.45) is 0 Å². The van der Waals surface area contributed by atoms with Gasteiger partial charge in [-0.25, -0.2) is 0 Å². The topological polar surface area (TPSA) is 76.7 Å². The molecule has 1 atom stereocenters. The molecule has 5 nitrogen and oxygen atoms in total. The van der Waals surface area contributed by atoms with Crippen LogP contribution in [-0.2, 0) is 0 Å². The van der Waals surface area contributed by atoms with Gasteiger partial charge in [-0.15, -0.1) is 0 Å². The zero-order valence-corrected chi connectivity index (χ0v) is 11.1. The highest BCUT2D eigenvalue weighted by molar-refractivity contribution is 7.99. The lowest BCUT2D eigenvalue weighted by Gasteiger charge is -2.09. The van der Waals surface area contributed by atoms with Crippen LogP contribution in [0.3, 0.4) is 0 Å². The molecule has 3 N–H and O–H groups in total. The number of nitrogen functional groups attached to an aromatic ring is 1. The van der Waals surface area contributed by atoms with E-state index in [4.69, 9.17) is 5.73 Å². The van der Waals surface area contributed by atoms with Crippen molar-refractivity contribution in [2.75, 3.05) is 23.9 Å². The van der Waals surface area contributed by atoms with Crippen molar-refractivity contribution >= 4 is 23.7 Å². The van der Waals surface area contributed by atoms with Crippen LogP contribution in [-0.4, -0.2) is 33.0 Å². The van der Waals surface area contributed by atoms with Gasteiger partial charge in [-0.2, -0.15) is 26.7 Å². The number of hydrogen-bond donors (Lipinski definition) is 2. The second kappa shape index (κ2) is 5.53. The van der Waals surface area contributed by atoms with Gasteiger partial charge in [-0.05, 0) is 25.5 Å². The molecule has 94 valence electrons. The Labute approximate surface area is 106 Å². The van der Waals surface area contributed by atoms with Gasteiger partial charge in [0.25, 0.3) is 0 Å². The minimum atomic E-state index is 0.322. The Bertz CT molecular complexity index is 380. The van der Waals surface area contributed by atoms with Crippen LogP contribution in [0.1, 0.15) is 37.9 Å². The van der Waals surface area contributed by atoms with Crippen LogP contribution in [0.4, 0.5) is 11.9 Å². The molecule has 0 bridgehead atoms. The largest absolute Gasteiger partial charge is 0.368 e. The predicted molar refractivity (Wildman–Crippen MR) is 72.3 cm³/mol. The van der Waals surface area contributed by atoms with Crippen LogP contribution < -0.4 is 11.1 Å². The third-order valence-electron chi connectivity index (χ3n) is 2.85. The van der Waals surface area contributed by atoms with Gasteiger partial charge in [0.05, 0.1) is 0 Å². The summed E-state index contributed by atoms with van der Waals surface area (Å²) in [5, 5.41) is 3.86. The first-order valence-corrected chi connectivity index (χ1v) is 7.26. The third kappa shape index (κ3) is 3.73. The molecule has 0 spiro atoms. The van der Waals surface area contributed by atoms with Gasteiger partial charge in [0.2, 0.25) is 11.9 Å². The molecule has 6 heteroatoms. The van der Waals surface area contributed by atoms with Gasteiger partial charge < -0.3 is 11.1 Å². The van der Waals surface area contributed by atoms with E-state index >= 15 is 0 Å². The number of rotatable bonds is 6. The highest BCUT2D eigenvalue weighted by atomic mass is 32.2. The Kier molecular flexibility index (Phi) is 4.04. The van der Waals surface area contributed by atoms with Crippen LogP contribution >= 0.6 is 11.8 Å². The smallest absolute Gasteiger partial charge is 0.227 e. The molecule has 17 heavy (non-hydrogen) atoms. The highest BCUT2D eigenvalue weighted by Gasteiger charge is 2.27. The summed E-state index contributed by atoms with van der Waals surface area (Å²) in [5.74, 6) is 2.29. The maximum atomic E-state index is 5.68. The molecule has 0 aliphatic heterocycles. The number of hydrogen-bond acceptors (Lipinski definition) is 6. The van der Waals surface area contributed by atoms with Gasteiger partial charge in [0.1, 0.15) is 5.82 Å².